The number of H-pyrrole nitrogens is 1. The summed E-state index contributed by atoms with van der Waals surface area (Å²) < 4.78 is 36.9. The Kier molecular flexibility index (Phi) is 7.48. The zero-order valence-electron chi connectivity index (χ0n) is 17.9. The van der Waals surface area contributed by atoms with Crippen LogP contribution < -0.4 is 16.2 Å². The molecule has 3 N–H and O–H groups in total. The van der Waals surface area contributed by atoms with Crippen LogP contribution in [0.5, 0.6) is 0 Å². The Morgan fingerprint density at radius 2 is 2.00 bits per heavy atom. The third-order valence-corrected chi connectivity index (χ3v) is 7.02. The third-order valence-electron chi connectivity index (χ3n) is 4.77. The standard InChI is InChI=1S/C21H21F3N4O3S2/c1-10-11(2)33-20-16(10)19(31)27-15(28-20)8-32-12(3)17(29)26-14-6-4-5-13(7-14)18(30)25-9-21(22,23)24/h4-7,12H,8-9H2,1-3H3,(H,25,30)(H,26,29)(H,27,28,31). The van der Waals surface area contributed by atoms with Crippen molar-refractivity contribution in [2.45, 2.75) is 38.0 Å². The van der Waals surface area contributed by atoms with E-state index < -0.39 is 23.9 Å². The summed E-state index contributed by atoms with van der Waals surface area (Å²) in [6, 6.07) is 5.65. The van der Waals surface area contributed by atoms with E-state index in [1.165, 1.54) is 47.4 Å². The molecule has 0 aliphatic heterocycles. The average Bonchev–Trinajstić information content (AvgIpc) is 3.03. The fraction of sp³-hybridized carbons (Fsp3) is 0.333. The molecule has 0 saturated heterocycles. The number of nitrogens with one attached hydrogen (secondary N) is 3. The topological polar surface area (TPSA) is 104 Å². The van der Waals surface area contributed by atoms with Crippen LogP contribution in [0, 0.1) is 13.8 Å². The molecule has 1 aromatic carbocycles. The van der Waals surface area contributed by atoms with Crippen LogP contribution in [0.25, 0.3) is 10.2 Å². The van der Waals surface area contributed by atoms with Gasteiger partial charge in [0.2, 0.25) is 5.91 Å². The lowest BCUT2D eigenvalue weighted by Crippen LogP contribution is -2.33. The number of thioether (sulfide) groups is 1. The molecule has 0 fully saturated rings. The first-order valence-electron chi connectivity index (χ1n) is 9.81. The number of nitrogens with zero attached hydrogens (tertiary/aromatic N) is 1. The van der Waals surface area contributed by atoms with Crippen LogP contribution in [0.1, 0.15) is 33.5 Å². The van der Waals surface area contributed by atoms with Crippen LogP contribution in [-0.4, -0.2) is 39.8 Å². The van der Waals surface area contributed by atoms with Crippen LogP contribution in [0.4, 0.5) is 18.9 Å². The summed E-state index contributed by atoms with van der Waals surface area (Å²) in [4.78, 5) is 45.7. The summed E-state index contributed by atoms with van der Waals surface area (Å²) in [6.07, 6.45) is -4.51. The first-order chi connectivity index (χ1) is 15.4. The number of benzene rings is 1. The van der Waals surface area contributed by atoms with E-state index >= 15 is 0 Å². The van der Waals surface area contributed by atoms with Crippen molar-refractivity contribution in [3.63, 3.8) is 0 Å². The van der Waals surface area contributed by atoms with Crippen LogP contribution in [0.15, 0.2) is 29.1 Å². The molecule has 0 aliphatic carbocycles. The highest BCUT2D eigenvalue weighted by Gasteiger charge is 2.28. The van der Waals surface area contributed by atoms with Crippen LogP contribution in [-0.2, 0) is 10.5 Å². The fourth-order valence-corrected chi connectivity index (χ4v) is 4.72. The van der Waals surface area contributed by atoms with Crippen molar-refractivity contribution in [3.05, 3.63) is 56.4 Å². The molecule has 12 heteroatoms. The monoisotopic (exact) mass is 498 g/mol. The summed E-state index contributed by atoms with van der Waals surface area (Å²) in [5, 5.41) is 4.48. The fourth-order valence-electron chi connectivity index (χ4n) is 2.91. The molecule has 2 amide bonds. The second-order valence-corrected chi connectivity index (χ2v) is 9.83. The van der Waals surface area contributed by atoms with Gasteiger partial charge in [-0.1, -0.05) is 6.07 Å². The zero-order chi connectivity index (χ0) is 24.3. The molecular weight excluding hydrogens is 477 g/mol. The number of thiophene rings is 1. The lowest BCUT2D eigenvalue weighted by atomic mass is 10.2. The van der Waals surface area contributed by atoms with Crippen molar-refractivity contribution < 1.29 is 22.8 Å². The van der Waals surface area contributed by atoms with E-state index in [0.717, 1.165) is 10.4 Å². The smallest absolute Gasteiger partial charge is 0.343 e. The van der Waals surface area contributed by atoms with E-state index in [4.69, 9.17) is 0 Å². The number of hydrogen-bond acceptors (Lipinski definition) is 6. The number of amides is 2. The van der Waals surface area contributed by atoms with E-state index in [1.54, 1.807) is 12.2 Å². The Morgan fingerprint density at radius 1 is 1.27 bits per heavy atom. The Morgan fingerprint density at radius 3 is 2.70 bits per heavy atom. The van der Waals surface area contributed by atoms with Crippen molar-refractivity contribution in [3.8, 4) is 0 Å². The van der Waals surface area contributed by atoms with Gasteiger partial charge in [-0.25, -0.2) is 4.98 Å². The van der Waals surface area contributed by atoms with Crippen molar-refractivity contribution in [1.82, 2.24) is 15.3 Å². The molecule has 3 aromatic rings. The first-order valence-corrected chi connectivity index (χ1v) is 11.7. The minimum Gasteiger partial charge on any atom is -0.343 e. The average molecular weight is 499 g/mol. The van der Waals surface area contributed by atoms with Gasteiger partial charge in [0.1, 0.15) is 17.2 Å². The van der Waals surface area contributed by atoms with Gasteiger partial charge in [0.15, 0.2) is 0 Å². The molecule has 3 rings (SSSR count). The van der Waals surface area contributed by atoms with Crippen molar-refractivity contribution >= 4 is 50.8 Å². The van der Waals surface area contributed by atoms with Gasteiger partial charge in [0, 0.05) is 16.1 Å². The molecule has 0 radical (unpaired) electrons. The number of aryl methyl sites for hydroxylation is 2. The minimum absolute atomic E-state index is 0.00558. The number of alkyl halides is 3. The molecule has 1 atom stereocenters. The van der Waals surface area contributed by atoms with Gasteiger partial charge in [0.25, 0.3) is 11.5 Å². The van der Waals surface area contributed by atoms with Crippen LogP contribution >= 0.6 is 23.1 Å². The van der Waals surface area contributed by atoms with Gasteiger partial charge in [-0.15, -0.1) is 23.1 Å². The number of halogens is 3. The molecule has 7 nitrogen and oxygen atoms in total. The number of carbonyl (C=O) groups excluding carboxylic acids is 2. The lowest BCUT2D eigenvalue weighted by Gasteiger charge is -2.13. The van der Waals surface area contributed by atoms with Crippen molar-refractivity contribution in [2.24, 2.45) is 0 Å². The SMILES string of the molecule is Cc1sc2nc(CSC(C)C(=O)Nc3cccc(C(=O)NCC(F)(F)F)c3)[nH]c(=O)c2c1C. The second-order valence-electron chi connectivity index (χ2n) is 7.30. The summed E-state index contributed by atoms with van der Waals surface area (Å²) >= 11 is 2.71. The summed E-state index contributed by atoms with van der Waals surface area (Å²) in [5.74, 6) is -0.494. The number of aromatic nitrogens is 2. The first kappa shape index (κ1) is 24.8. The van der Waals surface area contributed by atoms with Crippen LogP contribution in [0.3, 0.4) is 0 Å². The van der Waals surface area contributed by atoms with Gasteiger partial charge in [-0.05, 0) is 44.5 Å². The highest BCUT2D eigenvalue weighted by molar-refractivity contribution is 7.99. The van der Waals surface area contributed by atoms with E-state index in [0.29, 0.717) is 21.8 Å². The van der Waals surface area contributed by atoms with Crippen LogP contribution in [0.2, 0.25) is 0 Å². The Balaban J connectivity index is 1.60. The number of aromatic amines is 1. The molecule has 0 bridgehead atoms. The predicted molar refractivity (Wildman–Crippen MR) is 124 cm³/mol. The van der Waals surface area contributed by atoms with Gasteiger partial charge in [-0.2, -0.15) is 13.2 Å². The summed E-state index contributed by atoms with van der Waals surface area (Å²) in [7, 11) is 0. The van der Waals surface area contributed by atoms with E-state index in [-0.39, 0.29) is 22.7 Å². The zero-order valence-corrected chi connectivity index (χ0v) is 19.6. The number of carbonyl (C=O) groups is 2. The maximum absolute atomic E-state index is 12.5. The predicted octanol–water partition coefficient (Wildman–Crippen LogP) is 4.15. The van der Waals surface area contributed by atoms with Gasteiger partial charge in [-0.3, -0.25) is 14.4 Å². The van der Waals surface area contributed by atoms with Gasteiger partial charge < -0.3 is 15.6 Å². The molecule has 0 spiro atoms. The van der Waals surface area contributed by atoms with Crippen molar-refractivity contribution in [1.29, 1.82) is 0 Å². The number of anilines is 1. The molecule has 176 valence electrons. The molecule has 1 unspecified atom stereocenters. The number of fused-ring (bicyclic) bond motifs is 1. The summed E-state index contributed by atoms with van der Waals surface area (Å²) in [5.41, 5.74) is 0.971. The normalized spacial score (nSPS) is 12.5. The Labute approximate surface area is 195 Å². The number of rotatable bonds is 7. The van der Waals surface area contributed by atoms with Gasteiger partial charge in [0.05, 0.1) is 16.4 Å². The summed E-state index contributed by atoms with van der Waals surface area (Å²) in [6.45, 7) is 4.04. The second kappa shape index (κ2) is 9.96. The van der Waals surface area contributed by atoms with Crippen molar-refractivity contribution in [2.75, 3.05) is 11.9 Å². The number of hydrogen-bond donors (Lipinski definition) is 3. The quantitative estimate of drug-likeness (QED) is 0.454. The maximum Gasteiger partial charge on any atom is 0.405 e. The Hall–Kier alpha value is -2.86. The van der Waals surface area contributed by atoms with Gasteiger partial charge >= 0.3 is 6.18 Å². The largest absolute Gasteiger partial charge is 0.405 e. The highest BCUT2D eigenvalue weighted by atomic mass is 32.2. The van der Waals surface area contributed by atoms with E-state index in [9.17, 15) is 27.6 Å². The Bertz CT molecular complexity index is 1250. The highest BCUT2D eigenvalue weighted by Crippen LogP contribution is 2.26. The molecule has 33 heavy (non-hydrogen) atoms. The molecular formula is C21H21F3N4O3S2. The molecule has 2 aromatic heterocycles. The van der Waals surface area contributed by atoms with E-state index in [2.05, 4.69) is 15.3 Å². The van der Waals surface area contributed by atoms with E-state index in [1.807, 2.05) is 13.8 Å². The lowest BCUT2D eigenvalue weighted by molar-refractivity contribution is -0.123. The molecule has 0 aliphatic rings. The molecule has 0 saturated carbocycles. The minimum atomic E-state index is -4.51. The third kappa shape index (κ3) is 6.35. The maximum atomic E-state index is 12.5. The molecule has 2 heterocycles.